The third-order valence-corrected chi connectivity index (χ3v) is 2.45. The van der Waals surface area contributed by atoms with Crippen molar-refractivity contribution >= 4 is 17.6 Å². The molecule has 0 saturated heterocycles. The number of carboxylic acids is 1. The molecule has 1 unspecified atom stereocenters. The Morgan fingerprint density at radius 3 is 2.50 bits per heavy atom. The SMILES string of the molecule is CC(CCc1ccc(Cl)cc1)C(=O)O. The van der Waals surface area contributed by atoms with Crippen molar-refractivity contribution in [3.8, 4) is 0 Å². The van der Waals surface area contributed by atoms with Crippen LogP contribution in [0.25, 0.3) is 0 Å². The van der Waals surface area contributed by atoms with E-state index in [1.165, 1.54) is 0 Å². The van der Waals surface area contributed by atoms with Crippen LogP contribution in [0.1, 0.15) is 18.9 Å². The van der Waals surface area contributed by atoms with Crippen LogP contribution >= 0.6 is 11.6 Å². The average molecular weight is 213 g/mol. The van der Waals surface area contributed by atoms with Gasteiger partial charge in [0.25, 0.3) is 0 Å². The van der Waals surface area contributed by atoms with E-state index in [0.717, 1.165) is 12.0 Å². The van der Waals surface area contributed by atoms with Crippen molar-refractivity contribution in [3.05, 3.63) is 34.9 Å². The molecule has 0 radical (unpaired) electrons. The molecule has 0 aliphatic carbocycles. The van der Waals surface area contributed by atoms with Gasteiger partial charge in [-0.1, -0.05) is 30.7 Å². The predicted molar refractivity (Wildman–Crippen MR) is 56.6 cm³/mol. The molecule has 0 heterocycles. The Hall–Kier alpha value is -1.02. The first-order valence-corrected chi connectivity index (χ1v) is 4.94. The predicted octanol–water partition coefficient (Wildman–Crippen LogP) is 2.99. The third-order valence-electron chi connectivity index (χ3n) is 2.20. The summed E-state index contributed by atoms with van der Waals surface area (Å²) in [5.41, 5.74) is 1.13. The molecule has 0 amide bonds. The molecule has 0 fully saturated rings. The van der Waals surface area contributed by atoms with E-state index in [0.29, 0.717) is 11.4 Å². The van der Waals surface area contributed by atoms with Gasteiger partial charge in [-0.15, -0.1) is 0 Å². The van der Waals surface area contributed by atoms with E-state index in [4.69, 9.17) is 16.7 Å². The Labute approximate surface area is 88.5 Å². The van der Waals surface area contributed by atoms with Gasteiger partial charge in [0.05, 0.1) is 5.92 Å². The van der Waals surface area contributed by atoms with Crippen molar-refractivity contribution in [2.24, 2.45) is 5.92 Å². The van der Waals surface area contributed by atoms with E-state index in [-0.39, 0.29) is 5.92 Å². The molecule has 1 rings (SSSR count). The number of aliphatic carboxylic acids is 1. The molecule has 14 heavy (non-hydrogen) atoms. The molecule has 1 aromatic carbocycles. The summed E-state index contributed by atoms with van der Waals surface area (Å²) in [5, 5.41) is 9.39. The quantitative estimate of drug-likeness (QED) is 0.833. The average Bonchev–Trinajstić information content (AvgIpc) is 2.16. The smallest absolute Gasteiger partial charge is 0.306 e. The summed E-state index contributed by atoms with van der Waals surface area (Å²) >= 11 is 5.73. The van der Waals surface area contributed by atoms with Crippen LogP contribution in [0.3, 0.4) is 0 Å². The minimum Gasteiger partial charge on any atom is -0.481 e. The number of carboxylic acid groups (broad SMARTS) is 1. The third kappa shape index (κ3) is 3.38. The highest BCUT2D eigenvalue weighted by molar-refractivity contribution is 6.30. The Morgan fingerprint density at radius 2 is 2.00 bits per heavy atom. The van der Waals surface area contributed by atoms with Gasteiger partial charge in [0, 0.05) is 5.02 Å². The molecule has 0 aliphatic rings. The van der Waals surface area contributed by atoms with Crippen LogP contribution in [0.15, 0.2) is 24.3 Å². The summed E-state index contributed by atoms with van der Waals surface area (Å²) in [7, 11) is 0. The fourth-order valence-electron chi connectivity index (χ4n) is 1.16. The number of benzene rings is 1. The minimum atomic E-state index is -0.737. The fourth-order valence-corrected chi connectivity index (χ4v) is 1.28. The molecule has 1 atom stereocenters. The maximum absolute atomic E-state index is 10.6. The fraction of sp³-hybridized carbons (Fsp3) is 0.364. The minimum absolute atomic E-state index is 0.286. The molecule has 1 aromatic rings. The summed E-state index contributed by atoms with van der Waals surface area (Å²) in [6.45, 7) is 1.72. The van der Waals surface area contributed by atoms with Crippen molar-refractivity contribution in [3.63, 3.8) is 0 Å². The van der Waals surface area contributed by atoms with Gasteiger partial charge in [-0.25, -0.2) is 0 Å². The Bertz CT molecular complexity index is 306. The van der Waals surface area contributed by atoms with E-state index in [2.05, 4.69) is 0 Å². The van der Waals surface area contributed by atoms with Crippen LogP contribution in [0.4, 0.5) is 0 Å². The molecule has 0 aliphatic heterocycles. The van der Waals surface area contributed by atoms with E-state index in [1.807, 2.05) is 24.3 Å². The lowest BCUT2D eigenvalue weighted by Gasteiger charge is -2.05. The van der Waals surface area contributed by atoms with Gasteiger partial charge < -0.3 is 5.11 Å². The lowest BCUT2D eigenvalue weighted by Crippen LogP contribution is -2.10. The maximum atomic E-state index is 10.6. The van der Waals surface area contributed by atoms with E-state index in [1.54, 1.807) is 6.92 Å². The molecule has 0 bridgehead atoms. The van der Waals surface area contributed by atoms with Crippen LogP contribution in [0, 0.1) is 5.92 Å². The second kappa shape index (κ2) is 5.01. The van der Waals surface area contributed by atoms with E-state index >= 15 is 0 Å². The number of carbonyl (C=O) groups is 1. The highest BCUT2D eigenvalue weighted by atomic mass is 35.5. The van der Waals surface area contributed by atoms with E-state index in [9.17, 15) is 4.79 Å². The van der Waals surface area contributed by atoms with Gasteiger partial charge >= 0.3 is 5.97 Å². The summed E-state index contributed by atoms with van der Waals surface area (Å²) in [6.07, 6.45) is 1.45. The van der Waals surface area contributed by atoms with Crippen LogP contribution in [0.5, 0.6) is 0 Å². The number of hydrogen-bond donors (Lipinski definition) is 1. The largest absolute Gasteiger partial charge is 0.481 e. The van der Waals surface area contributed by atoms with Crippen molar-refractivity contribution in [2.45, 2.75) is 19.8 Å². The van der Waals surface area contributed by atoms with Gasteiger partial charge in [0.15, 0.2) is 0 Å². The molecule has 76 valence electrons. The normalized spacial score (nSPS) is 12.4. The zero-order valence-corrected chi connectivity index (χ0v) is 8.79. The van der Waals surface area contributed by atoms with Crippen LogP contribution in [-0.4, -0.2) is 11.1 Å². The summed E-state index contributed by atoms with van der Waals surface area (Å²) in [5.74, 6) is -1.02. The molecule has 1 N–H and O–H groups in total. The molecule has 3 heteroatoms. The first-order valence-electron chi connectivity index (χ1n) is 4.57. The number of hydrogen-bond acceptors (Lipinski definition) is 1. The highest BCUT2D eigenvalue weighted by Gasteiger charge is 2.09. The Kier molecular flexibility index (Phi) is 3.96. The van der Waals surface area contributed by atoms with Gasteiger partial charge in [-0.3, -0.25) is 4.79 Å². The molecular weight excluding hydrogens is 200 g/mol. The van der Waals surface area contributed by atoms with Crippen molar-refractivity contribution in [1.82, 2.24) is 0 Å². The molecular formula is C11H13ClO2. The zero-order valence-electron chi connectivity index (χ0n) is 8.03. The monoisotopic (exact) mass is 212 g/mol. The van der Waals surface area contributed by atoms with Crippen LogP contribution in [0.2, 0.25) is 5.02 Å². The second-order valence-corrected chi connectivity index (χ2v) is 3.84. The van der Waals surface area contributed by atoms with Crippen molar-refractivity contribution in [1.29, 1.82) is 0 Å². The Balaban J connectivity index is 2.46. The first kappa shape index (κ1) is 11.1. The Morgan fingerprint density at radius 1 is 1.43 bits per heavy atom. The molecule has 0 spiro atoms. The molecule has 0 saturated carbocycles. The lowest BCUT2D eigenvalue weighted by molar-refractivity contribution is -0.141. The van der Waals surface area contributed by atoms with Gasteiger partial charge in [0.1, 0.15) is 0 Å². The summed E-state index contributed by atoms with van der Waals surface area (Å²) in [4.78, 5) is 10.6. The highest BCUT2D eigenvalue weighted by Crippen LogP contribution is 2.13. The number of rotatable bonds is 4. The van der Waals surface area contributed by atoms with E-state index < -0.39 is 5.97 Å². The summed E-state index contributed by atoms with van der Waals surface area (Å²) in [6, 6.07) is 7.50. The van der Waals surface area contributed by atoms with Gasteiger partial charge in [-0.05, 0) is 30.5 Å². The van der Waals surface area contributed by atoms with Crippen molar-refractivity contribution < 1.29 is 9.90 Å². The maximum Gasteiger partial charge on any atom is 0.306 e. The zero-order chi connectivity index (χ0) is 10.6. The second-order valence-electron chi connectivity index (χ2n) is 3.40. The number of halogens is 1. The van der Waals surface area contributed by atoms with Gasteiger partial charge in [-0.2, -0.15) is 0 Å². The first-order chi connectivity index (χ1) is 6.59. The lowest BCUT2D eigenvalue weighted by atomic mass is 10.0. The standard InChI is InChI=1S/C11H13ClO2/c1-8(11(13)14)2-3-9-4-6-10(12)7-5-9/h4-8H,2-3H2,1H3,(H,13,14). The molecule has 2 nitrogen and oxygen atoms in total. The number of aryl methyl sites for hydroxylation is 1. The van der Waals surface area contributed by atoms with Crippen LogP contribution in [-0.2, 0) is 11.2 Å². The van der Waals surface area contributed by atoms with Crippen LogP contribution < -0.4 is 0 Å². The van der Waals surface area contributed by atoms with Gasteiger partial charge in [0.2, 0.25) is 0 Å². The summed E-state index contributed by atoms with van der Waals surface area (Å²) < 4.78 is 0. The molecule has 0 aromatic heterocycles. The topological polar surface area (TPSA) is 37.3 Å². The van der Waals surface area contributed by atoms with Crippen molar-refractivity contribution in [2.75, 3.05) is 0 Å².